The second-order valence-electron chi connectivity index (χ2n) is 5.48. The number of anilines is 1. The lowest BCUT2D eigenvalue weighted by Crippen LogP contribution is -2.22. The summed E-state index contributed by atoms with van der Waals surface area (Å²) >= 11 is 6.38. The summed E-state index contributed by atoms with van der Waals surface area (Å²) in [6.07, 6.45) is 1.77. The number of likely N-dealkylation sites (N-methyl/N-ethyl adjacent to an activating group) is 1. The Bertz CT molecular complexity index is 891. The highest BCUT2D eigenvalue weighted by atomic mass is 32.2. The summed E-state index contributed by atoms with van der Waals surface area (Å²) in [6.45, 7) is 1.86. The van der Waals surface area contributed by atoms with Gasteiger partial charge in [0.1, 0.15) is 10.1 Å². The van der Waals surface area contributed by atoms with Crippen molar-refractivity contribution in [1.82, 2.24) is 9.88 Å². The van der Waals surface area contributed by atoms with Gasteiger partial charge in [0.2, 0.25) is 0 Å². The highest BCUT2D eigenvalue weighted by Gasteiger charge is 2.28. The van der Waals surface area contributed by atoms with E-state index in [1.807, 2.05) is 19.1 Å². The predicted molar refractivity (Wildman–Crippen MR) is 104 cm³/mol. The molecule has 0 radical (unpaired) electrons. The number of hydrogen-bond acceptors (Lipinski definition) is 5. The molecular weight excluding hydrogens is 354 g/mol. The van der Waals surface area contributed by atoms with Crippen molar-refractivity contribution >= 4 is 52.0 Å². The molecule has 0 saturated carbocycles. The van der Waals surface area contributed by atoms with Gasteiger partial charge in [-0.3, -0.25) is 14.5 Å². The van der Waals surface area contributed by atoms with Gasteiger partial charge in [0.15, 0.2) is 0 Å². The first-order valence-electron chi connectivity index (χ1n) is 7.50. The predicted octanol–water partition coefficient (Wildman–Crippen LogP) is 3.47. The Labute approximate surface area is 155 Å². The van der Waals surface area contributed by atoms with Gasteiger partial charge in [-0.25, -0.2) is 4.98 Å². The number of carbonyl (C=O) groups excluding carboxylic acids is 2. The quantitative estimate of drug-likeness (QED) is 0.663. The van der Waals surface area contributed by atoms with Gasteiger partial charge in [-0.2, -0.15) is 0 Å². The van der Waals surface area contributed by atoms with Gasteiger partial charge in [0, 0.05) is 18.3 Å². The minimum absolute atomic E-state index is 0.109. The number of aryl methyl sites for hydroxylation is 1. The fraction of sp³-hybridized carbons (Fsp3) is 0.111. The van der Waals surface area contributed by atoms with Gasteiger partial charge < -0.3 is 5.32 Å². The number of thioether (sulfide) groups is 1. The number of carbonyl (C=O) groups is 2. The highest BCUT2D eigenvalue weighted by molar-refractivity contribution is 8.26. The van der Waals surface area contributed by atoms with Crippen LogP contribution in [0, 0.1) is 6.92 Å². The smallest absolute Gasteiger partial charge is 0.265 e. The third-order valence-electron chi connectivity index (χ3n) is 3.59. The Morgan fingerprint density at radius 1 is 1.24 bits per heavy atom. The molecule has 1 fully saturated rings. The van der Waals surface area contributed by atoms with Crippen molar-refractivity contribution < 1.29 is 9.59 Å². The van der Waals surface area contributed by atoms with E-state index in [0.717, 1.165) is 11.3 Å². The zero-order chi connectivity index (χ0) is 18.0. The largest absolute Gasteiger partial charge is 0.307 e. The number of amides is 2. The number of nitrogens with one attached hydrogen (secondary N) is 1. The molecule has 25 heavy (non-hydrogen) atoms. The van der Waals surface area contributed by atoms with Crippen LogP contribution in [0.5, 0.6) is 0 Å². The van der Waals surface area contributed by atoms with Gasteiger partial charge in [-0.1, -0.05) is 42.2 Å². The van der Waals surface area contributed by atoms with E-state index in [4.69, 9.17) is 12.2 Å². The SMILES string of the molecule is Cc1cccc(NC(=O)c2ccc(/C=C3/SC(=S)N(C)C3=O)cc2)n1. The number of benzene rings is 1. The molecule has 2 amide bonds. The maximum absolute atomic E-state index is 12.3. The van der Waals surface area contributed by atoms with Crippen LogP contribution >= 0.6 is 24.0 Å². The molecule has 3 rings (SSSR count). The van der Waals surface area contributed by atoms with Gasteiger partial charge in [0.25, 0.3) is 11.8 Å². The molecule has 0 unspecified atom stereocenters. The van der Waals surface area contributed by atoms with E-state index in [1.54, 1.807) is 43.5 Å². The van der Waals surface area contributed by atoms with Crippen molar-refractivity contribution in [2.45, 2.75) is 6.92 Å². The minimum atomic E-state index is -0.232. The van der Waals surface area contributed by atoms with Gasteiger partial charge in [-0.15, -0.1) is 0 Å². The van der Waals surface area contributed by atoms with Crippen molar-refractivity contribution in [3.8, 4) is 0 Å². The second-order valence-corrected chi connectivity index (χ2v) is 7.16. The number of thiocarbonyl (C=S) groups is 1. The Morgan fingerprint density at radius 2 is 1.96 bits per heavy atom. The Hall–Kier alpha value is -2.51. The zero-order valence-corrected chi connectivity index (χ0v) is 15.3. The van der Waals surface area contributed by atoms with Crippen molar-refractivity contribution in [1.29, 1.82) is 0 Å². The fourth-order valence-electron chi connectivity index (χ4n) is 2.23. The molecule has 1 aliphatic heterocycles. The first-order valence-corrected chi connectivity index (χ1v) is 8.73. The topological polar surface area (TPSA) is 62.3 Å². The van der Waals surface area contributed by atoms with Crippen LogP contribution in [0.4, 0.5) is 5.82 Å². The fourth-order valence-corrected chi connectivity index (χ4v) is 3.41. The second kappa shape index (κ2) is 7.16. The molecule has 2 aromatic rings. The molecule has 0 bridgehead atoms. The molecule has 7 heteroatoms. The molecule has 1 N–H and O–H groups in total. The average molecular weight is 369 g/mol. The van der Waals surface area contributed by atoms with Crippen LogP contribution in [0.2, 0.25) is 0 Å². The molecule has 0 spiro atoms. The van der Waals surface area contributed by atoms with Crippen LogP contribution in [-0.2, 0) is 4.79 Å². The highest BCUT2D eigenvalue weighted by Crippen LogP contribution is 2.31. The lowest BCUT2D eigenvalue weighted by atomic mass is 10.1. The first kappa shape index (κ1) is 17.3. The maximum Gasteiger partial charge on any atom is 0.265 e. The number of aromatic nitrogens is 1. The number of rotatable bonds is 3. The van der Waals surface area contributed by atoms with E-state index >= 15 is 0 Å². The molecular formula is C18H15N3O2S2. The summed E-state index contributed by atoms with van der Waals surface area (Å²) in [5, 5.41) is 2.76. The number of hydrogen-bond donors (Lipinski definition) is 1. The van der Waals surface area contributed by atoms with E-state index in [9.17, 15) is 9.59 Å². The molecule has 1 aromatic carbocycles. The van der Waals surface area contributed by atoms with Gasteiger partial charge >= 0.3 is 0 Å². The number of pyridine rings is 1. The van der Waals surface area contributed by atoms with Crippen LogP contribution < -0.4 is 5.32 Å². The summed E-state index contributed by atoms with van der Waals surface area (Å²) < 4.78 is 0.540. The summed E-state index contributed by atoms with van der Waals surface area (Å²) in [4.78, 5) is 30.5. The third-order valence-corrected chi connectivity index (χ3v) is 5.07. The van der Waals surface area contributed by atoms with Gasteiger partial charge in [0.05, 0.1) is 4.91 Å². The van der Waals surface area contributed by atoms with Crippen molar-refractivity contribution in [2.75, 3.05) is 12.4 Å². The van der Waals surface area contributed by atoms with E-state index in [-0.39, 0.29) is 11.8 Å². The molecule has 0 atom stereocenters. The van der Waals surface area contributed by atoms with E-state index in [0.29, 0.717) is 20.6 Å². The lowest BCUT2D eigenvalue weighted by Gasteiger charge is -2.05. The molecule has 1 aromatic heterocycles. The van der Waals surface area contributed by atoms with Crippen molar-refractivity contribution in [3.05, 3.63) is 64.2 Å². The maximum atomic E-state index is 12.3. The monoisotopic (exact) mass is 369 g/mol. The minimum Gasteiger partial charge on any atom is -0.307 e. The van der Waals surface area contributed by atoms with Crippen LogP contribution in [0.15, 0.2) is 47.4 Å². The summed E-state index contributed by atoms with van der Waals surface area (Å²) in [5.74, 6) is 0.174. The van der Waals surface area contributed by atoms with Crippen LogP contribution in [-0.4, -0.2) is 33.1 Å². The summed E-state index contributed by atoms with van der Waals surface area (Å²) in [7, 11) is 1.66. The van der Waals surface area contributed by atoms with Crippen molar-refractivity contribution in [2.24, 2.45) is 0 Å². The number of nitrogens with zero attached hydrogens (tertiary/aromatic N) is 2. The van der Waals surface area contributed by atoms with Gasteiger partial charge in [-0.05, 0) is 42.8 Å². The molecule has 1 saturated heterocycles. The first-order chi connectivity index (χ1) is 11.9. The Morgan fingerprint density at radius 3 is 2.56 bits per heavy atom. The zero-order valence-electron chi connectivity index (χ0n) is 13.6. The lowest BCUT2D eigenvalue weighted by molar-refractivity contribution is -0.121. The molecule has 2 heterocycles. The van der Waals surface area contributed by atoms with Crippen LogP contribution in [0.25, 0.3) is 6.08 Å². The molecule has 0 aliphatic carbocycles. The summed E-state index contributed by atoms with van der Waals surface area (Å²) in [6, 6.07) is 12.5. The van der Waals surface area contributed by atoms with Crippen LogP contribution in [0.3, 0.4) is 0 Å². The average Bonchev–Trinajstić information content (AvgIpc) is 2.82. The summed E-state index contributed by atoms with van der Waals surface area (Å²) in [5.41, 5.74) is 2.18. The molecule has 1 aliphatic rings. The molecule has 5 nitrogen and oxygen atoms in total. The van der Waals surface area contributed by atoms with E-state index < -0.39 is 0 Å². The van der Waals surface area contributed by atoms with E-state index in [2.05, 4.69) is 10.3 Å². The normalized spacial score (nSPS) is 15.8. The molecule has 126 valence electrons. The standard InChI is InChI=1S/C18H15N3O2S2/c1-11-4-3-5-15(19-11)20-16(22)13-8-6-12(7-9-13)10-14-17(23)21(2)18(24)25-14/h3-10H,1-2H3,(H,19,20,22)/b14-10+. The Kier molecular flexibility index (Phi) is 4.96. The van der Waals surface area contributed by atoms with Crippen molar-refractivity contribution in [3.63, 3.8) is 0 Å². The third kappa shape index (κ3) is 3.94. The Balaban J connectivity index is 1.73. The van der Waals surface area contributed by atoms with E-state index in [1.165, 1.54) is 16.7 Å². The van der Waals surface area contributed by atoms with Crippen LogP contribution in [0.1, 0.15) is 21.6 Å².